The fourth-order valence-corrected chi connectivity index (χ4v) is 2.08. The Hall–Kier alpha value is -2.15. The molecule has 1 atom stereocenters. The first-order valence-electron chi connectivity index (χ1n) is 6.53. The van der Waals surface area contributed by atoms with Crippen molar-refractivity contribution in [3.63, 3.8) is 0 Å². The summed E-state index contributed by atoms with van der Waals surface area (Å²) in [7, 11) is 0. The molecule has 2 aromatic rings. The van der Waals surface area contributed by atoms with Crippen molar-refractivity contribution in [1.82, 2.24) is 14.5 Å². The molecule has 2 heterocycles. The van der Waals surface area contributed by atoms with Gasteiger partial charge in [-0.25, -0.2) is 4.79 Å². The topological polar surface area (TPSA) is 108 Å². The van der Waals surface area contributed by atoms with E-state index >= 15 is 0 Å². The molecule has 3 N–H and O–H groups in total. The van der Waals surface area contributed by atoms with Crippen molar-refractivity contribution in [2.75, 3.05) is 0 Å². The van der Waals surface area contributed by atoms with Crippen LogP contribution in [0, 0.1) is 0 Å². The molecule has 2 aromatic heterocycles. The number of H-pyrrole nitrogens is 2. The minimum Gasteiger partial charge on any atom is -0.393 e. The molecule has 0 spiro atoms. The summed E-state index contributed by atoms with van der Waals surface area (Å²) in [4.78, 5) is 40.1. The second kappa shape index (κ2) is 5.87. The largest absolute Gasteiger partial charge is 0.393 e. The summed E-state index contributed by atoms with van der Waals surface area (Å²) in [6.07, 6.45) is 1.61. The summed E-state index contributed by atoms with van der Waals surface area (Å²) in [6.45, 7) is 1.99. The molecule has 0 radical (unpaired) electrons. The van der Waals surface area contributed by atoms with E-state index in [0.717, 1.165) is 11.0 Å². The molecule has 0 aromatic carbocycles. The van der Waals surface area contributed by atoms with E-state index in [9.17, 15) is 14.4 Å². The maximum Gasteiger partial charge on any atom is 0.329 e. The fraction of sp³-hybridized carbons (Fsp3) is 0.462. The van der Waals surface area contributed by atoms with Crippen molar-refractivity contribution in [2.24, 2.45) is 0 Å². The number of aromatic nitrogens is 3. The molecule has 0 amide bonds. The van der Waals surface area contributed by atoms with Crippen LogP contribution in [-0.4, -0.2) is 25.7 Å². The highest BCUT2D eigenvalue weighted by molar-refractivity contribution is 5.72. The molecule has 7 nitrogen and oxygen atoms in total. The molecule has 1 unspecified atom stereocenters. The first kappa shape index (κ1) is 14.3. The fourth-order valence-electron chi connectivity index (χ4n) is 2.08. The van der Waals surface area contributed by atoms with E-state index < -0.39 is 11.2 Å². The van der Waals surface area contributed by atoms with E-state index in [-0.39, 0.29) is 29.2 Å². The van der Waals surface area contributed by atoms with E-state index in [4.69, 9.17) is 5.11 Å². The van der Waals surface area contributed by atoms with Crippen LogP contribution in [0.5, 0.6) is 0 Å². The minimum atomic E-state index is -0.540. The first-order valence-corrected chi connectivity index (χ1v) is 6.53. The SMILES string of the molecule is CC(O)CCCCn1c(=O)[nH]c2[nH]c(=O)ccc2c1=O. The van der Waals surface area contributed by atoms with E-state index in [1.165, 1.54) is 12.1 Å². The van der Waals surface area contributed by atoms with Crippen LogP contribution in [0.15, 0.2) is 26.5 Å². The van der Waals surface area contributed by atoms with Gasteiger partial charge in [0.05, 0.1) is 11.5 Å². The summed E-state index contributed by atoms with van der Waals surface area (Å²) in [6, 6.07) is 2.65. The number of hydrogen-bond donors (Lipinski definition) is 3. The number of aliphatic hydroxyl groups excluding tert-OH is 1. The molecule has 0 aliphatic carbocycles. The number of aliphatic hydroxyl groups is 1. The number of pyridine rings is 1. The number of rotatable bonds is 5. The third-order valence-electron chi connectivity index (χ3n) is 3.13. The quantitative estimate of drug-likeness (QED) is 0.666. The summed E-state index contributed by atoms with van der Waals surface area (Å²) in [5.74, 6) is 0. The first-order chi connectivity index (χ1) is 9.49. The Balaban J connectivity index is 2.30. The van der Waals surface area contributed by atoms with Crippen LogP contribution < -0.4 is 16.8 Å². The average Bonchev–Trinajstić information content (AvgIpc) is 2.36. The van der Waals surface area contributed by atoms with Crippen molar-refractivity contribution in [3.05, 3.63) is 43.3 Å². The van der Waals surface area contributed by atoms with Gasteiger partial charge in [0.2, 0.25) is 5.56 Å². The van der Waals surface area contributed by atoms with Crippen LogP contribution in [0.4, 0.5) is 0 Å². The second-order valence-electron chi connectivity index (χ2n) is 4.84. The molecule has 0 aliphatic heterocycles. The lowest BCUT2D eigenvalue weighted by molar-refractivity contribution is 0.180. The molecule has 2 rings (SSSR count). The molecule has 20 heavy (non-hydrogen) atoms. The zero-order valence-corrected chi connectivity index (χ0v) is 11.2. The normalized spacial score (nSPS) is 12.7. The van der Waals surface area contributed by atoms with Gasteiger partial charge in [-0.2, -0.15) is 0 Å². The lowest BCUT2D eigenvalue weighted by Gasteiger charge is -2.07. The van der Waals surface area contributed by atoms with Gasteiger partial charge in [-0.05, 0) is 32.3 Å². The zero-order chi connectivity index (χ0) is 14.7. The number of fused-ring (bicyclic) bond motifs is 1. The van der Waals surface area contributed by atoms with E-state index in [1.807, 2.05) is 0 Å². The number of nitrogens with zero attached hydrogens (tertiary/aromatic N) is 1. The third kappa shape index (κ3) is 3.05. The van der Waals surface area contributed by atoms with Crippen LogP contribution in [0.3, 0.4) is 0 Å². The van der Waals surface area contributed by atoms with Crippen LogP contribution in [0.2, 0.25) is 0 Å². The number of aromatic amines is 2. The minimum absolute atomic E-state index is 0.146. The molecule has 0 aliphatic rings. The van der Waals surface area contributed by atoms with Crippen molar-refractivity contribution in [2.45, 2.75) is 38.8 Å². The Labute approximate surface area is 113 Å². The van der Waals surface area contributed by atoms with Crippen molar-refractivity contribution in [3.8, 4) is 0 Å². The maximum atomic E-state index is 12.2. The predicted octanol–water partition coefficient (Wildman–Crippen LogP) is -0.0708. The van der Waals surface area contributed by atoms with Crippen LogP contribution in [0.25, 0.3) is 11.0 Å². The molecule has 0 saturated heterocycles. The van der Waals surface area contributed by atoms with E-state index in [2.05, 4.69) is 9.97 Å². The van der Waals surface area contributed by atoms with Gasteiger partial charge >= 0.3 is 5.69 Å². The summed E-state index contributed by atoms with van der Waals surface area (Å²) >= 11 is 0. The van der Waals surface area contributed by atoms with Crippen molar-refractivity contribution in [1.29, 1.82) is 0 Å². The molecule has 7 heteroatoms. The van der Waals surface area contributed by atoms with Crippen LogP contribution in [-0.2, 0) is 6.54 Å². The van der Waals surface area contributed by atoms with Gasteiger partial charge in [0.1, 0.15) is 5.65 Å². The highest BCUT2D eigenvalue weighted by Crippen LogP contribution is 2.02. The van der Waals surface area contributed by atoms with Gasteiger partial charge in [-0.3, -0.25) is 19.1 Å². The van der Waals surface area contributed by atoms with Crippen LogP contribution >= 0.6 is 0 Å². The third-order valence-corrected chi connectivity index (χ3v) is 3.13. The van der Waals surface area contributed by atoms with Crippen molar-refractivity contribution < 1.29 is 5.11 Å². The van der Waals surface area contributed by atoms with Crippen LogP contribution in [0.1, 0.15) is 26.2 Å². The standard InChI is InChI=1S/C13H17N3O4/c1-8(17)4-2-3-7-16-12(19)9-5-6-10(18)14-11(9)15-13(16)20/h5-6,8,17H,2-4,7H2,1H3,(H2,14,15,18,20). The van der Waals surface area contributed by atoms with Gasteiger partial charge in [0, 0.05) is 12.6 Å². The lowest BCUT2D eigenvalue weighted by atomic mass is 10.2. The predicted molar refractivity (Wildman–Crippen MR) is 75.0 cm³/mol. The van der Waals surface area contributed by atoms with Gasteiger partial charge in [0.15, 0.2) is 0 Å². The Bertz CT molecular complexity index is 770. The van der Waals surface area contributed by atoms with E-state index in [0.29, 0.717) is 12.8 Å². The van der Waals surface area contributed by atoms with Gasteiger partial charge in [-0.1, -0.05) is 0 Å². The van der Waals surface area contributed by atoms with E-state index in [1.54, 1.807) is 6.92 Å². The Morgan fingerprint density at radius 2 is 1.95 bits per heavy atom. The molecular formula is C13H17N3O4. The summed E-state index contributed by atoms with van der Waals surface area (Å²) < 4.78 is 1.11. The lowest BCUT2D eigenvalue weighted by Crippen LogP contribution is -2.35. The zero-order valence-electron chi connectivity index (χ0n) is 11.2. The molecule has 0 fully saturated rings. The summed E-state index contributed by atoms with van der Waals surface area (Å²) in [5.41, 5.74) is -1.19. The number of unbranched alkanes of at least 4 members (excludes halogenated alkanes) is 1. The highest BCUT2D eigenvalue weighted by Gasteiger charge is 2.08. The average molecular weight is 279 g/mol. The number of nitrogens with one attached hydrogen (secondary N) is 2. The maximum absolute atomic E-state index is 12.2. The Kier molecular flexibility index (Phi) is 4.19. The molecule has 0 saturated carbocycles. The Morgan fingerprint density at radius 3 is 2.65 bits per heavy atom. The number of hydrogen-bond acceptors (Lipinski definition) is 4. The monoisotopic (exact) mass is 279 g/mol. The molecular weight excluding hydrogens is 262 g/mol. The summed E-state index contributed by atoms with van der Waals surface area (Å²) in [5, 5.41) is 9.43. The smallest absolute Gasteiger partial charge is 0.329 e. The Morgan fingerprint density at radius 1 is 1.20 bits per heavy atom. The molecule has 0 bridgehead atoms. The highest BCUT2D eigenvalue weighted by atomic mass is 16.3. The van der Waals surface area contributed by atoms with Gasteiger partial charge in [0.25, 0.3) is 5.56 Å². The second-order valence-corrected chi connectivity index (χ2v) is 4.84. The van der Waals surface area contributed by atoms with Gasteiger partial charge < -0.3 is 10.1 Å². The van der Waals surface area contributed by atoms with Gasteiger partial charge in [-0.15, -0.1) is 0 Å². The molecule has 108 valence electrons. The van der Waals surface area contributed by atoms with Crippen molar-refractivity contribution >= 4 is 11.0 Å².